The molecule has 74 valence electrons. The third-order valence-electron chi connectivity index (χ3n) is 1.37. The molecular formula is C6H6ClF3N2S. The SMILES string of the molecule is NC(Cc1cnc(Cl)s1)C(F)(F)F. The Morgan fingerprint density at radius 3 is 2.62 bits per heavy atom. The summed E-state index contributed by atoms with van der Waals surface area (Å²) in [6.07, 6.45) is -3.33. The summed E-state index contributed by atoms with van der Waals surface area (Å²) in [6.45, 7) is 0. The van der Waals surface area contributed by atoms with Gasteiger partial charge < -0.3 is 5.73 Å². The predicted molar refractivity (Wildman–Crippen MR) is 44.9 cm³/mol. The topological polar surface area (TPSA) is 38.9 Å². The third-order valence-corrected chi connectivity index (χ3v) is 2.50. The molecule has 7 heteroatoms. The van der Waals surface area contributed by atoms with E-state index >= 15 is 0 Å². The second-order valence-electron chi connectivity index (χ2n) is 2.43. The third kappa shape index (κ3) is 3.13. The molecule has 1 aromatic heterocycles. The molecule has 0 saturated heterocycles. The number of nitrogens with two attached hydrogens (primary N) is 1. The van der Waals surface area contributed by atoms with E-state index in [4.69, 9.17) is 17.3 Å². The first-order chi connectivity index (χ1) is 5.89. The molecule has 0 radical (unpaired) electrons. The molecule has 0 saturated carbocycles. The lowest BCUT2D eigenvalue weighted by molar-refractivity contribution is -0.147. The minimum absolute atomic E-state index is 0.226. The quantitative estimate of drug-likeness (QED) is 0.846. The van der Waals surface area contributed by atoms with Crippen LogP contribution in [0.4, 0.5) is 13.2 Å². The van der Waals surface area contributed by atoms with Crippen molar-refractivity contribution in [3.63, 3.8) is 0 Å². The van der Waals surface area contributed by atoms with Crippen molar-refractivity contribution in [2.24, 2.45) is 5.73 Å². The van der Waals surface area contributed by atoms with Crippen LogP contribution in [-0.2, 0) is 6.42 Å². The number of halogens is 4. The van der Waals surface area contributed by atoms with Gasteiger partial charge in [0.2, 0.25) is 0 Å². The molecule has 0 amide bonds. The Balaban J connectivity index is 2.60. The van der Waals surface area contributed by atoms with Crippen molar-refractivity contribution in [2.75, 3.05) is 0 Å². The Morgan fingerprint density at radius 1 is 1.62 bits per heavy atom. The molecule has 0 spiro atoms. The summed E-state index contributed by atoms with van der Waals surface area (Å²) in [4.78, 5) is 4.05. The number of nitrogens with zero attached hydrogens (tertiary/aromatic N) is 1. The monoisotopic (exact) mass is 230 g/mol. The van der Waals surface area contributed by atoms with Crippen LogP contribution < -0.4 is 5.73 Å². The number of rotatable bonds is 2. The molecule has 1 heterocycles. The van der Waals surface area contributed by atoms with Gasteiger partial charge in [-0.25, -0.2) is 4.98 Å². The highest BCUT2D eigenvalue weighted by atomic mass is 35.5. The maximum Gasteiger partial charge on any atom is 0.403 e. The summed E-state index contributed by atoms with van der Waals surface area (Å²) >= 11 is 6.45. The lowest BCUT2D eigenvalue weighted by Gasteiger charge is -2.13. The highest BCUT2D eigenvalue weighted by Gasteiger charge is 2.36. The lowest BCUT2D eigenvalue weighted by atomic mass is 10.2. The van der Waals surface area contributed by atoms with Crippen molar-refractivity contribution in [1.82, 2.24) is 4.98 Å². The van der Waals surface area contributed by atoms with Gasteiger partial charge in [-0.3, -0.25) is 0 Å². The van der Waals surface area contributed by atoms with Gasteiger partial charge in [-0.05, 0) is 0 Å². The highest BCUT2D eigenvalue weighted by molar-refractivity contribution is 7.15. The number of alkyl halides is 3. The summed E-state index contributed by atoms with van der Waals surface area (Å²) < 4.78 is 36.1. The van der Waals surface area contributed by atoms with Crippen LogP contribution in [-0.4, -0.2) is 17.2 Å². The van der Waals surface area contributed by atoms with Gasteiger partial charge in [0.1, 0.15) is 6.04 Å². The van der Waals surface area contributed by atoms with Crippen LogP contribution in [0.5, 0.6) is 0 Å². The number of aromatic nitrogens is 1. The Bertz CT molecular complexity index is 286. The van der Waals surface area contributed by atoms with E-state index in [0.717, 1.165) is 11.3 Å². The van der Waals surface area contributed by atoms with Gasteiger partial charge in [-0.2, -0.15) is 13.2 Å². The van der Waals surface area contributed by atoms with Crippen LogP contribution in [0.15, 0.2) is 6.20 Å². The van der Waals surface area contributed by atoms with Crippen molar-refractivity contribution in [3.05, 3.63) is 15.5 Å². The van der Waals surface area contributed by atoms with Gasteiger partial charge in [-0.15, -0.1) is 11.3 Å². The van der Waals surface area contributed by atoms with Crippen LogP contribution in [0.1, 0.15) is 4.88 Å². The van der Waals surface area contributed by atoms with E-state index in [1.807, 2.05) is 0 Å². The van der Waals surface area contributed by atoms with E-state index in [-0.39, 0.29) is 10.9 Å². The summed E-state index contributed by atoms with van der Waals surface area (Å²) in [6, 6.07) is -1.84. The zero-order chi connectivity index (χ0) is 10.1. The van der Waals surface area contributed by atoms with Crippen LogP contribution in [0.2, 0.25) is 4.47 Å². The van der Waals surface area contributed by atoms with E-state index in [0.29, 0.717) is 4.88 Å². The van der Waals surface area contributed by atoms with E-state index in [1.165, 1.54) is 6.20 Å². The molecule has 2 nitrogen and oxygen atoms in total. The molecule has 0 aliphatic rings. The lowest BCUT2D eigenvalue weighted by Crippen LogP contribution is -2.38. The smallest absolute Gasteiger partial charge is 0.320 e. The minimum Gasteiger partial charge on any atom is -0.320 e. The maximum atomic E-state index is 12.0. The molecule has 1 rings (SSSR count). The molecule has 1 unspecified atom stereocenters. The molecule has 0 aliphatic carbocycles. The minimum atomic E-state index is -4.36. The fraction of sp³-hybridized carbons (Fsp3) is 0.500. The molecule has 2 N–H and O–H groups in total. The predicted octanol–water partition coefficient (Wildman–Crippen LogP) is 2.23. The van der Waals surface area contributed by atoms with Crippen LogP contribution in [0, 0.1) is 0 Å². The van der Waals surface area contributed by atoms with Gasteiger partial charge in [-0.1, -0.05) is 11.6 Å². The summed E-state index contributed by atoms with van der Waals surface area (Å²) in [5.41, 5.74) is 4.90. The molecule has 0 aromatic carbocycles. The van der Waals surface area contributed by atoms with Crippen molar-refractivity contribution in [1.29, 1.82) is 0 Å². The second kappa shape index (κ2) is 3.81. The molecule has 0 bridgehead atoms. The summed E-state index contributed by atoms with van der Waals surface area (Å²) in [5, 5.41) is 0. The highest BCUT2D eigenvalue weighted by Crippen LogP contribution is 2.25. The van der Waals surface area contributed by atoms with Crippen LogP contribution >= 0.6 is 22.9 Å². The van der Waals surface area contributed by atoms with E-state index in [1.54, 1.807) is 0 Å². The molecule has 0 fully saturated rings. The summed E-state index contributed by atoms with van der Waals surface area (Å²) in [5.74, 6) is 0. The average molecular weight is 231 g/mol. The Morgan fingerprint density at radius 2 is 2.23 bits per heavy atom. The van der Waals surface area contributed by atoms with E-state index < -0.39 is 12.2 Å². The molecular weight excluding hydrogens is 225 g/mol. The van der Waals surface area contributed by atoms with Crippen molar-refractivity contribution in [2.45, 2.75) is 18.6 Å². The Kier molecular flexibility index (Phi) is 3.15. The normalized spacial score (nSPS) is 14.5. The number of thiazole rings is 1. The van der Waals surface area contributed by atoms with Gasteiger partial charge in [0.15, 0.2) is 4.47 Å². The first kappa shape index (κ1) is 10.7. The first-order valence-electron chi connectivity index (χ1n) is 3.32. The molecule has 1 atom stereocenters. The van der Waals surface area contributed by atoms with Gasteiger partial charge in [0, 0.05) is 17.5 Å². The van der Waals surface area contributed by atoms with E-state index in [2.05, 4.69) is 4.98 Å². The summed E-state index contributed by atoms with van der Waals surface area (Å²) in [7, 11) is 0. The second-order valence-corrected chi connectivity index (χ2v) is 4.13. The largest absolute Gasteiger partial charge is 0.403 e. The van der Waals surface area contributed by atoms with Crippen molar-refractivity contribution < 1.29 is 13.2 Å². The molecule has 1 aromatic rings. The average Bonchev–Trinajstić information content (AvgIpc) is 2.33. The first-order valence-corrected chi connectivity index (χ1v) is 4.51. The fourth-order valence-corrected chi connectivity index (χ4v) is 1.75. The number of hydrogen-bond acceptors (Lipinski definition) is 3. The standard InChI is InChI=1S/C6H6ClF3N2S/c7-5-12-2-3(13-5)1-4(11)6(8,9)10/h2,4H,1,11H2. The van der Waals surface area contributed by atoms with Crippen molar-refractivity contribution >= 4 is 22.9 Å². The number of hydrogen-bond donors (Lipinski definition) is 1. The fourth-order valence-electron chi connectivity index (χ4n) is 0.710. The van der Waals surface area contributed by atoms with Gasteiger partial charge in [0.05, 0.1) is 0 Å². The zero-order valence-corrected chi connectivity index (χ0v) is 7.88. The Hall–Kier alpha value is -0.330. The van der Waals surface area contributed by atoms with E-state index in [9.17, 15) is 13.2 Å². The molecule has 0 aliphatic heterocycles. The van der Waals surface area contributed by atoms with Crippen molar-refractivity contribution in [3.8, 4) is 0 Å². The van der Waals surface area contributed by atoms with Crippen LogP contribution in [0.3, 0.4) is 0 Å². The van der Waals surface area contributed by atoms with Gasteiger partial charge in [0.25, 0.3) is 0 Å². The van der Waals surface area contributed by atoms with Crippen LogP contribution in [0.25, 0.3) is 0 Å². The van der Waals surface area contributed by atoms with Gasteiger partial charge >= 0.3 is 6.18 Å². The Labute approximate surface area is 81.5 Å². The zero-order valence-electron chi connectivity index (χ0n) is 6.31. The maximum absolute atomic E-state index is 12.0. The molecule has 13 heavy (non-hydrogen) atoms.